The van der Waals surface area contributed by atoms with Crippen molar-refractivity contribution in [3.63, 3.8) is 0 Å². The third kappa shape index (κ3) is 3.81. The first-order chi connectivity index (χ1) is 18.6. The number of hydrogen-bond acceptors (Lipinski definition) is 5. The number of epoxide rings is 1. The van der Waals surface area contributed by atoms with E-state index in [-0.39, 0.29) is 35.8 Å². The number of allylic oxidation sites excluding steroid dienone is 3. The van der Waals surface area contributed by atoms with Gasteiger partial charge in [-0.05, 0) is 61.6 Å². The molecule has 2 aliphatic heterocycles. The molecule has 1 aromatic carbocycles. The number of aliphatic hydroxyl groups is 1. The van der Waals surface area contributed by atoms with E-state index in [9.17, 15) is 19.5 Å². The smallest absolute Gasteiger partial charge is 0.235 e. The van der Waals surface area contributed by atoms with Crippen molar-refractivity contribution in [1.29, 1.82) is 0 Å². The van der Waals surface area contributed by atoms with Crippen molar-refractivity contribution in [2.24, 2.45) is 29.1 Å². The van der Waals surface area contributed by atoms with Crippen molar-refractivity contribution >= 4 is 28.4 Å². The van der Waals surface area contributed by atoms with Crippen LogP contribution in [-0.4, -0.2) is 46.4 Å². The SMILES string of the molecule is C/C1=C/[C@@H](C)C/C=C\[C@H]2[C@@H]3O[C@]3(C)[C@@H](C)[C@H]3[C@H](Cc4c[n-]c5ccccc45)NC(=O)[C@]32C(=O)/C=C\C(=O)[C@@H]1O. The molecule has 2 N–H and O–H groups in total. The summed E-state index contributed by atoms with van der Waals surface area (Å²) < 4.78 is 6.32. The Morgan fingerprint density at radius 1 is 1.15 bits per heavy atom. The van der Waals surface area contributed by atoms with Gasteiger partial charge < -0.3 is 20.1 Å². The summed E-state index contributed by atoms with van der Waals surface area (Å²) in [4.78, 5) is 45.7. The molecule has 4 aliphatic rings. The van der Waals surface area contributed by atoms with E-state index in [1.807, 2.05) is 55.6 Å². The molecule has 7 heteroatoms. The maximum atomic E-state index is 14.2. The highest BCUT2D eigenvalue weighted by atomic mass is 16.6. The van der Waals surface area contributed by atoms with Crippen molar-refractivity contribution in [2.45, 2.75) is 64.4 Å². The number of aliphatic hydroxyl groups excluding tert-OH is 1. The average molecular weight is 528 g/mol. The Kier molecular flexibility index (Phi) is 6.08. The van der Waals surface area contributed by atoms with Crippen LogP contribution in [0, 0.1) is 29.1 Å². The second-order valence-corrected chi connectivity index (χ2v) is 12.1. The molecule has 2 aliphatic carbocycles. The summed E-state index contributed by atoms with van der Waals surface area (Å²) in [5.74, 6) is -2.17. The third-order valence-electron chi connectivity index (χ3n) is 9.79. The zero-order valence-corrected chi connectivity index (χ0v) is 22.8. The fourth-order valence-electron chi connectivity index (χ4n) is 7.60. The molecule has 0 bridgehead atoms. The minimum atomic E-state index is -1.42. The number of nitrogens with one attached hydrogen (secondary N) is 1. The summed E-state index contributed by atoms with van der Waals surface area (Å²) >= 11 is 0. The number of carbonyl (C=O) groups excluding carboxylic acids is 3. The standard InChI is InChI=1S/C32H35N2O5/c1-17-8-7-10-22-29-31(4,39-29)19(3)27-24(15-20-16-33-23-11-6-5-9-21(20)23)34-30(38)32(22,27)26(36)13-12-25(35)28(37)18(2)14-17/h5-7,9-14,16-17,19,22,24,27-29,37H,8,15H2,1-4H3,(H,34,38)/q-1/b10-7-,13-12-,18-14-/t17-,19-,22-,24-,27-,28+,29-,31+,32+/m0/s1. The molecule has 1 aromatic heterocycles. The number of ketones is 2. The maximum absolute atomic E-state index is 14.2. The molecule has 1 saturated carbocycles. The summed E-state index contributed by atoms with van der Waals surface area (Å²) in [7, 11) is 0. The highest BCUT2D eigenvalue weighted by Gasteiger charge is 2.78. The predicted molar refractivity (Wildman–Crippen MR) is 147 cm³/mol. The van der Waals surface area contributed by atoms with Crippen molar-refractivity contribution in [3.8, 4) is 0 Å². The molecule has 6 rings (SSSR count). The minimum Gasteiger partial charge on any atom is -0.663 e. The van der Waals surface area contributed by atoms with Gasteiger partial charge in [-0.2, -0.15) is 6.20 Å². The fraction of sp³-hybridized carbons (Fsp3) is 0.469. The van der Waals surface area contributed by atoms with E-state index in [1.54, 1.807) is 6.92 Å². The molecule has 2 aromatic rings. The second-order valence-electron chi connectivity index (χ2n) is 12.1. The first-order valence-corrected chi connectivity index (χ1v) is 13.9. The lowest BCUT2D eigenvalue weighted by atomic mass is 9.51. The predicted octanol–water partition coefficient (Wildman–Crippen LogP) is 3.46. The number of carbonyl (C=O) groups is 3. The number of hydrogen-bond donors (Lipinski definition) is 2. The molecule has 1 amide bonds. The first-order valence-electron chi connectivity index (χ1n) is 13.9. The van der Waals surface area contributed by atoms with Crippen LogP contribution in [0.4, 0.5) is 0 Å². The van der Waals surface area contributed by atoms with Crippen molar-refractivity contribution in [1.82, 2.24) is 10.3 Å². The minimum absolute atomic E-state index is 0.0631. The molecule has 204 valence electrons. The molecule has 7 nitrogen and oxygen atoms in total. The molecule has 2 saturated heterocycles. The average Bonchev–Trinajstić information content (AvgIpc) is 3.31. The maximum Gasteiger partial charge on any atom is 0.235 e. The zero-order valence-electron chi connectivity index (χ0n) is 22.8. The summed E-state index contributed by atoms with van der Waals surface area (Å²) in [5.41, 5.74) is 0.604. The number of aromatic nitrogens is 1. The molecule has 0 unspecified atom stereocenters. The van der Waals surface area contributed by atoms with Gasteiger partial charge in [0.2, 0.25) is 5.91 Å². The van der Waals surface area contributed by atoms with Crippen LogP contribution in [0.5, 0.6) is 0 Å². The molecule has 3 heterocycles. The van der Waals surface area contributed by atoms with E-state index in [2.05, 4.69) is 24.1 Å². The highest BCUT2D eigenvalue weighted by Crippen LogP contribution is 2.66. The van der Waals surface area contributed by atoms with Crippen LogP contribution in [0.25, 0.3) is 10.9 Å². The van der Waals surface area contributed by atoms with Crippen LogP contribution in [0.1, 0.15) is 39.7 Å². The molecule has 9 atom stereocenters. The van der Waals surface area contributed by atoms with Gasteiger partial charge in [0.1, 0.15) is 11.5 Å². The summed E-state index contributed by atoms with van der Waals surface area (Å²) in [5, 5.41) is 14.8. The molecule has 3 fully saturated rings. The lowest BCUT2D eigenvalue weighted by Crippen LogP contribution is -2.58. The third-order valence-corrected chi connectivity index (χ3v) is 9.79. The van der Waals surface area contributed by atoms with Gasteiger partial charge in [-0.1, -0.05) is 61.9 Å². The van der Waals surface area contributed by atoms with Gasteiger partial charge in [-0.25, -0.2) is 0 Å². The normalized spacial score (nSPS) is 43.1. The Hall–Kier alpha value is -3.29. The highest BCUT2D eigenvalue weighted by molar-refractivity contribution is 6.15. The Bertz CT molecular complexity index is 1450. The lowest BCUT2D eigenvalue weighted by Gasteiger charge is -2.45. The Balaban J connectivity index is 1.46. The quantitative estimate of drug-likeness (QED) is 0.352. The van der Waals surface area contributed by atoms with E-state index in [0.717, 1.165) is 22.5 Å². The van der Waals surface area contributed by atoms with E-state index >= 15 is 0 Å². The van der Waals surface area contributed by atoms with Gasteiger partial charge in [-0.15, -0.1) is 5.52 Å². The topological polar surface area (TPSA) is 110 Å². The fourth-order valence-corrected chi connectivity index (χ4v) is 7.60. The molecule has 39 heavy (non-hydrogen) atoms. The number of benzene rings is 1. The van der Waals surface area contributed by atoms with E-state index in [1.165, 1.54) is 6.08 Å². The number of ether oxygens (including phenoxy) is 1. The number of fused-ring (bicyclic) bond motifs is 3. The van der Waals surface area contributed by atoms with Crippen LogP contribution >= 0.6 is 0 Å². The zero-order chi connectivity index (χ0) is 27.7. The van der Waals surface area contributed by atoms with E-state index in [0.29, 0.717) is 18.4 Å². The van der Waals surface area contributed by atoms with Crippen LogP contribution < -0.4 is 10.3 Å². The number of para-hydroxylation sites is 1. The summed E-state index contributed by atoms with van der Waals surface area (Å²) in [6, 6.07) is 7.61. The van der Waals surface area contributed by atoms with Gasteiger partial charge in [0.25, 0.3) is 0 Å². The molecular formula is C32H35N2O5-. The monoisotopic (exact) mass is 527 g/mol. The number of nitrogens with zero attached hydrogens (tertiary/aromatic N) is 1. The van der Waals surface area contributed by atoms with Gasteiger partial charge in [0.15, 0.2) is 11.6 Å². The van der Waals surface area contributed by atoms with Gasteiger partial charge in [-0.3, -0.25) is 14.4 Å². The summed E-state index contributed by atoms with van der Waals surface area (Å²) in [6.07, 6.45) is 9.70. The molecule has 0 radical (unpaired) electrons. The van der Waals surface area contributed by atoms with E-state index < -0.39 is 34.6 Å². The van der Waals surface area contributed by atoms with Gasteiger partial charge in [0, 0.05) is 17.9 Å². The Morgan fingerprint density at radius 3 is 2.72 bits per heavy atom. The number of rotatable bonds is 2. The van der Waals surface area contributed by atoms with Crippen LogP contribution in [0.15, 0.2) is 66.4 Å². The van der Waals surface area contributed by atoms with Crippen molar-refractivity contribution < 1.29 is 24.2 Å². The van der Waals surface area contributed by atoms with Crippen LogP contribution in [0.3, 0.4) is 0 Å². The van der Waals surface area contributed by atoms with Gasteiger partial charge in [0.05, 0.1) is 11.7 Å². The van der Waals surface area contributed by atoms with Gasteiger partial charge >= 0.3 is 0 Å². The largest absolute Gasteiger partial charge is 0.663 e. The second kappa shape index (κ2) is 9.14. The number of amides is 1. The first kappa shape index (κ1) is 26.0. The molecule has 1 spiro atoms. The van der Waals surface area contributed by atoms with E-state index in [4.69, 9.17) is 4.74 Å². The molecular weight excluding hydrogens is 492 g/mol. The lowest BCUT2D eigenvalue weighted by molar-refractivity contribution is -0.145. The summed E-state index contributed by atoms with van der Waals surface area (Å²) in [6.45, 7) is 7.88. The van der Waals surface area contributed by atoms with Crippen LogP contribution in [0.2, 0.25) is 0 Å². The van der Waals surface area contributed by atoms with Crippen LogP contribution in [-0.2, 0) is 25.5 Å². The Morgan fingerprint density at radius 2 is 1.92 bits per heavy atom. The van der Waals surface area contributed by atoms with Crippen molar-refractivity contribution in [3.05, 3.63) is 72.0 Å². The Labute approximate surface area is 228 Å². The van der Waals surface area contributed by atoms with Crippen molar-refractivity contribution in [2.75, 3.05) is 0 Å².